The van der Waals surface area contributed by atoms with Crippen LogP contribution in [0, 0.1) is 0 Å². The molecule has 24 heavy (non-hydrogen) atoms. The number of nitrogens with zero attached hydrogens (tertiary/aromatic N) is 3. The molecule has 2 aromatic heterocycles. The molecule has 2 aromatic rings. The van der Waals surface area contributed by atoms with E-state index in [0.717, 1.165) is 36.1 Å². The Kier molecular flexibility index (Phi) is 8.58. The van der Waals surface area contributed by atoms with Crippen LogP contribution in [0.4, 0.5) is 0 Å². The highest BCUT2D eigenvalue weighted by Gasteiger charge is 2.03. The fourth-order valence-electron chi connectivity index (χ4n) is 2.07. The molecule has 2 N–H and O–H groups in total. The van der Waals surface area contributed by atoms with Crippen LogP contribution in [0.15, 0.2) is 22.8 Å². The SMILES string of the molecule is CCCCOCCOCCNC(=NC)NCc1cn2ccsc2n1. The number of hydrogen-bond donors (Lipinski definition) is 2. The van der Waals surface area contributed by atoms with Gasteiger partial charge >= 0.3 is 0 Å². The van der Waals surface area contributed by atoms with Crippen LogP contribution in [0.2, 0.25) is 0 Å². The molecule has 0 aliphatic rings. The lowest BCUT2D eigenvalue weighted by Crippen LogP contribution is -2.38. The topological polar surface area (TPSA) is 72.2 Å². The van der Waals surface area contributed by atoms with Gasteiger partial charge in [-0.3, -0.25) is 9.39 Å². The third-order valence-electron chi connectivity index (χ3n) is 3.36. The van der Waals surface area contributed by atoms with Crippen molar-refractivity contribution in [3.8, 4) is 0 Å². The number of ether oxygens (including phenoxy) is 2. The molecule has 0 saturated heterocycles. The van der Waals surface area contributed by atoms with Gasteiger partial charge in [0.05, 0.1) is 32.1 Å². The number of rotatable bonds is 11. The van der Waals surface area contributed by atoms with Gasteiger partial charge in [0.2, 0.25) is 0 Å². The molecule has 2 heterocycles. The fourth-order valence-corrected chi connectivity index (χ4v) is 2.79. The van der Waals surface area contributed by atoms with Gasteiger partial charge in [-0.15, -0.1) is 11.3 Å². The maximum absolute atomic E-state index is 5.52. The molecule has 0 bridgehead atoms. The number of aromatic nitrogens is 2. The van der Waals surface area contributed by atoms with E-state index >= 15 is 0 Å². The van der Waals surface area contributed by atoms with Gasteiger partial charge < -0.3 is 20.1 Å². The zero-order chi connectivity index (χ0) is 17.0. The highest BCUT2D eigenvalue weighted by molar-refractivity contribution is 7.15. The Bertz CT molecular complexity index is 582. The molecule has 0 atom stereocenters. The molecule has 0 unspecified atom stereocenters. The summed E-state index contributed by atoms with van der Waals surface area (Å²) >= 11 is 1.63. The van der Waals surface area contributed by atoms with Crippen LogP contribution in [-0.2, 0) is 16.0 Å². The first-order valence-electron chi connectivity index (χ1n) is 8.34. The molecule has 8 heteroatoms. The fraction of sp³-hybridized carbons (Fsp3) is 0.625. The van der Waals surface area contributed by atoms with E-state index in [0.29, 0.717) is 32.9 Å². The largest absolute Gasteiger partial charge is 0.379 e. The number of nitrogens with one attached hydrogen (secondary N) is 2. The van der Waals surface area contributed by atoms with E-state index in [4.69, 9.17) is 9.47 Å². The van der Waals surface area contributed by atoms with Crippen LogP contribution in [-0.4, -0.2) is 55.4 Å². The van der Waals surface area contributed by atoms with E-state index in [1.54, 1.807) is 18.4 Å². The zero-order valence-electron chi connectivity index (χ0n) is 14.5. The van der Waals surface area contributed by atoms with Crippen molar-refractivity contribution >= 4 is 22.3 Å². The van der Waals surface area contributed by atoms with Crippen molar-refractivity contribution in [2.45, 2.75) is 26.3 Å². The maximum atomic E-state index is 5.52. The predicted molar refractivity (Wildman–Crippen MR) is 97.8 cm³/mol. The monoisotopic (exact) mass is 353 g/mol. The van der Waals surface area contributed by atoms with Gasteiger partial charge in [-0.1, -0.05) is 13.3 Å². The van der Waals surface area contributed by atoms with Gasteiger partial charge in [0.25, 0.3) is 0 Å². The standard InChI is InChI=1S/C16H27N5O2S/c1-3-4-7-22-9-10-23-8-5-18-15(17-2)19-12-14-13-21-6-11-24-16(21)20-14/h6,11,13H,3-5,7-10,12H2,1-2H3,(H2,17,18,19). The van der Waals surface area contributed by atoms with Gasteiger partial charge in [-0.05, 0) is 6.42 Å². The Labute approximate surface area is 147 Å². The lowest BCUT2D eigenvalue weighted by Gasteiger charge is -2.11. The van der Waals surface area contributed by atoms with E-state index in [9.17, 15) is 0 Å². The lowest BCUT2D eigenvalue weighted by molar-refractivity contribution is 0.0487. The van der Waals surface area contributed by atoms with E-state index in [1.165, 1.54) is 0 Å². The highest BCUT2D eigenvalue weighted by Crippen LogP contribution is 2.10. The number of aliphatic imine (C=N–C) groups is 1. The van der Waals surface area contributed by atoms with Crippen molar-refractivity contribution in [3.63, 3.8) is 0 Å². The number of hydrogen-bond acceptors (Lipinski definition) is 5. The third kappa shape index (κ3) is 6.46. The normalized spacial score (nSPS) is 12.0. The van der Waals surface area contributed by atoms with Crippen molar-refractivity contribution in [1.29, 1.82) is 0 Å². The third-order valence-corrected chi connectivity index (χ3v) is 4.13. The minimum absolute atomic E-state index is 0.623. The molecule has 7 nitrogen and oxygen atoms in total. The van der Waals surface area contributed by atoms with Crippen molar-refractivity contribution in [3.05, 3.63) is 23.5 Å². The van der Waals surface area contributed by atoms with Crippen molar-refractivity contribution < 1.29 is 9.47 Å². The maximum Gasteiger partial charge on any atom is 0.193 e. The van der Waals surface area contributed by atoms with Crippen molar-refractivity contribution in [2.75, 3.05) is 40.0 Å². The average Bonchev–Trinajstić information content (AvgIpc) is 3.17. The van der Waals surface area contributed by atoms with Crippen molar-refractivity contribution in [2.24, 2.45) is 4.99 Å². The molecule has 0 fully saturated rings. The Morgan fingerprint density at radius 2 is 2.08 bits per heavy atom. The molecule has 134 valence electrons. The first kappa shape index (κ1) is 18.7. The number of guanidine groups is 1. The number of unbranched alkanes of at least 4 members (excludes halogenated alkanes) is 1. The van der Waals surface area contributed by atoms with Crippen molar-refractivity contribution in [1.82, 2.24) is 20.0 Å². The Balaban J connectivity index is 1.53. The summed E-state index contributed by atoms with van der Waals surface area (Å²) in [7, 11) is 1.75. The van der Waals surface area contributed by atoms with Crippen LogP contribution in [0.3, 0.4) is 0 Å². The summed E-state index contributed by atoms with van der Waals surface area (Å²) in [4.78, 5) is 9.73. The summed E-state index contributed by atoms with van der Waals surface area (Å²) in [5.41, 5.74) is 0.991. The van der Waals surface area contributed by atoms with E-state index in [-0.39, 0.29) is 0 Å². The van der Waals surface area contributed by atoms with Gasteiger partial charge in [-0.25, -0.2) is 4.98 Å². The minimum atomic E-state index is 0.623. The first-order chi connectivity index (χ1) is 11.8. The minimum Gasteiger partial charge on any atom is -0.379 e. The second-order valence-corrected chi connectivity index (χ2v) is 6.13. The summed E-state index contributed by atoms with van der Waals surface area (Å²) < 4.78 is 13.0. The Morgan fingerprint density at radius 3 is 2.83 bits per heavy atom. The van der Waals surface area contributed by atoms with Crippen LogP contribution < -0.4 is 10.6 Å². The van der Waals surface area contributed by atoms with Crippen LogP contribution in [0.5, 0.6) is 0 Å². The predicted octanol–water partition coefficient (Wildman–Crippen LogP) is 1.89. The number of thiazole rings is 1. The molecule has 0 aromatic carbocycles. The number of imidazole rings is 1. The second-order valence-electron chi connectivity index (χ2n) is 5.26. The smallest absolute Gasteiger partial charge is 0.193 e. The Hall–Kier alpha value is -1.64. The van der Waals surface area contributed by atoms with Gasteiger partial charge in [-0.2, -0.15) is 0 Å². The average molecular weight is 353 g/mol. The quantitative estimate of drug-likeness (QED) is 0.367. The number of fused-ring (bicyclic) bond motifs is 1. The van der Waals surface area contributed by atoms with E-state index in [1.807, 2.05) is 22.2 Å². The highest BCUT2D eigenvalue weighted by atomic mass is 32.1. The molecular weight excluding hydrogens is 326 g/mol. The van der Waals surface area contributed by atoms with Gasteiger partial charge in [0.15, 0.2) is 10.9 Å². The second kappa shape index (κ2) is 11.0. The summed E-state index contributed by atoms with van der Waals surface area (Å²) in [5.74, 6) is 0.745. The molecule has 0 spiro atoms. The first-order valence-corrected chi connectivity index (χ1v) is 9.22. The van der Waals surface area contributed by atoms with Crippen LogP contribution in [0.1, 0.15) is 25.5 Å². The molecule has 0 aliphatic heterocycles. The summed E-state index contributed by atoms with van der Waals surface area (Å²) in [5, 5.41) is 8.49. The molecular formula is C16H27N5O2S. The summed E-state index contributed by atoms with van der Waals surface area (Å²) in [6, 6.07) is 0. The van der Waals surface area contributed by atoms with Crippen LogP contribution in [0.25, 0.3) is 4.96 Å². The molecule has 0 saturated carbocycles. The van der Waals surface area contributed by atoms with Gasteiger partial charge in [0.1, 0.15) is 0 Å². The zero-order valence-corrected chi connectivity index (χ0v) is 15.3. The van der Waals surface area contributed by atoms with E-state index in [2.05, 4.69) is 27.5 Å². The van der Waals surface area contributed by atoms with E-state index < -0.39 is 0 Å². The summed E-state index contributed by atoms with van der Waals surface area (Å²) in [6.45, 7) is 6.22. The molecule has 0 radical (unpaired) electrons. The lowest BCUT2D eigenvalue weighted by atomic mass is 10.4. The van der Waals surface area contributed by atoms with Gasteiger partial charge in [0, 0.05) is 38.0 Å². The Morgan fingerprint density at radius 1 is 1.25 bits per heavy atom. The molecule has 0 amide bonds. The summed E-state index contributed by atoms with van der Waals surface area (Å²) in [6.07, 6.45) is 6.30. The molecule has 2 rings (SSSR count). The van der Waals surface area contributed by atoms with Crippen LogP contribution >= 0.6 is 11.3 Å². The molecule has 0 aliphatic carbocycles.